The van der Waals surface area contributed by atoms with Gasteiger partial charge < -0.3 is 28.4 Å². The van der Waals surface area contributed by atoms with E-state index in [4.69, 9.17) is 25.5 Å². The molecule has 0 fully saturated rings. The first-order valence-corrected chi connectivity index (χ1v) is 18.2. The number of hydrogen-bond donors (Lipinski definition) is 5. The molecule has 0 atom stereocenters. The van der Waals surface area contributed by atoms with Crippen molar-refractivity contribution in [2.24, 2.45) is 0 Å². The Hall–Kier alpha value is 1.60. The molecular formula is C36H72K2O8. The van der Waals surface area contributed by atoms with Crippen molar-refractivity contribution >= 4 is 17.9 Å². The molecular weight excluding hydrogens is 639 g/mol. The molecule has 10 heteroatoms. The van der Waals surface area contributed by atoms with Gasteiger partial charge in [-0.2, -0.15) is 0 Å². The standard InChI is InChI=1S/C30H62O.C6H8O7.2K.2H/c1-2-3-4-5-6-7-8-9-10-11-12-13-14-15-16-17-18-19-20-21-22-23-24-25-26-27-28-29-30-31;7-3(8)1-6(13,5(11)12)2-4(9)10;;;;/h31H,2-30H2,1H3;13H,1-2H2,(H,7,8)(H,9,10)(H,11,12);;;;/q;;2*+1;2*-1. The van der Waals surface area contributed by atoms with Gasteiger partial charge in [0.25, 0.3) is 0 Å². The molecule has 0 aromatic carbocycles. The van der Waals surface area contributed by atoms with Gasteiger partial charge in [0.05, 0.1) is 12.8 Å². The van der Waals surface area contributed by atoms with Gasteiger partial charge in [-0.05, 0) is 6.42 Å². The van der Waals surface area contributed by atoms with E-state index < -0.39 is 36.4 Å². The van der Waals surface area contributed by atoms with Crippen LogP contribution in [0.1, 0.15) is 202 Å². The second kappa shape index (κ2) is 42.8. The molecule has 266 valence electrons. The van der Waals surface area contributed by atoms with Crippen LogP contribution < -0.4 is 103 Å². The first-order valence-electron chi connectivity index (χ1n) is 18.2. The summed E-state index contributed by atoms with van der Waals surface area (Å²) in [6.45, 7) is 2.68. The number of carboxylic acid groups (broad SMARTS) is 3. The molecule has 46 heavy (non-hydrogen) atoms. The van der Waals surface area contributed by atoms with E-state index in [1.807, 2.05) is 0 Å². The Morgan fingerprint density at radius 3 is 0.783 bits per heavy atom. The molecule has 0 spiro atoms. The van der Waals surface area contributed by atoms with Crippen LogP contribution in [-0.2, 0) is 14.4 Å². The van der Waals surface area contributed by atoms with Crippen LogP contribution in [0.3, 0.4) is 0 Å². The van der Waals surface area contributed by atoms with Crippen LogP contribution in [0.4, 0.5) is 0 Å². The summed E-state index contributed by atoms with van der Waals surface area (Å²) in [4.78, 5) is 30.5. The fourth-order valence-corrected chi connectivity index (χ4v) is 5.50. The van der Waals surface area contributed by atoms with Crippen LogP contribution in [0.25, 0.3) is 0 Å². The summed E-state index contributed by atoms with van der Waals surface area (Å²) in [7, 11) is 0. The summed E-state index contributed by atoms with van der Waals surface area (Å²) in [5.74, 6) is -5.02. The summed E-state index contributed by atoms with van der Waals surface area (Å²) in [5.41, 5.74) is -2.74. The van der Waals surface area contributed by atoms with Crippen molar-refractivity contribution in [3.05, 3.63) is 0 Å². The molecule has 0 saturated carbocycles. The summed E-state index contributed by atoms with van der Waals surface area (Å²) in [6.07, 6.45) is 37.8. The van der Waals surface area contributed by atoms with Gasteiger partial charge in [-0.25, -0.2) is 4.79 Å². The van der Waals surface area contributed by atoms with E-state index in [2.05, 4.69) is 6.92 Å². The molecule has 0 bridgehead atoms. The van der Waals surface area contributed by atoms with Crippen molar-refractivity contribution in [2.75, 3.05) is 6.61 Å². The minimum atomic E-state index is -2.74. The SMILES string of the molecule is CCCCCCCCCCCCCCCCCCCCCCCCCCCCCCO.O=C(O)CC(O)(CC(=O)O)C(=O)O.[H-].[H-].[K+].[K+]. The van der Waals surface area contributed by atoms with Crippen molar-refractivity contribution in [1.29, 1.82) is 0 Å². The van der Waals surface area contributed by atoms with E-state index in [1.165, 1.54) is 173 Å². The zero-order valence-corrected chi connectivity index (χ0v) is 36.6. The minimum Gasteiger partial charge on any atom is -1.00 e. The van der Waals surface area contributed by atoms with Gasteiger partial charge >= 0.3 is 121 Å². The molecule has 0 aliphatic rings. The monoisotopic (exact) mass is 710 g/mol. The van der Waals surface area contributed by atoms with Gasteiger partial charge in [0.2, 0.25) is 0 Å². The van der Waals surface area contributed by atoms with Crippen LogP contribution >= 0.6 is 0 Å². The number of unbranched alkanes of at least 4 members (excludes halogenated alkanes) is 27. The van der Waals surface area contributed by atoms with Crippen LogP contribution in [0, 0.1) is 0 Å². The molecule has 0 radical (unpaired) electrons. The van der Waals surface area contributed by atoms with Crippen LogP contribution in [0.2, 0.25) is 0 Å². The molecule has 0 unspecified atom stereocenters. The quantitative estimate of drug-likeness (QED) is 0.0508. The van der Waals surface area contributed by atoms with Crippen molar-refractivity contribution in [2.45, 2.75) is 205 Å². The molecule has 0 saturated heterocycles. The Bertz CT molecular complexity index is 632. The summed E-state index contributed by atoms with van der Waals surface area (Å²) in [6, 6.07) is 0. The van der Waals surface area contributed by atoms with E-state index in [0.717, 1.165) is 6.42 Å². The van der Waals surface area contributed by atoms with E-state index >= 15 is 0 Å². The molecule has 5 N–H and O–H groups in total. The second-order valence-corrected chi connectivity index (χ2v) is 12.7. The third-order valence-electron chi connectivity index (χ3n) is 8.30. The van der Waals surface area contributed by atoms with Crippen molar-refractivity contribution in [1.82, 2.24) is 0 Å². The van der Waals surface area contributed by atoms with E-state index in [0.29, 0.717) is 6.61 Å². The molecule has 8 nitrogen and oxygen atoms in total. The number of rotatable bonds is 33. The van der Waals surface area contributed by atoms with Gasteiger partial charge in [0.1, 0.15) is 0 Å². The Labute approximate surface area is 370 Å². The summed E-state index contributed by atoms with van der Waals surface area (Å²) < 4.78 is 0. The van der Waals surface area contributed by atoms with Crippen LogP contribution in [0.5, 0.6) is 0 Å². The fraction of sp³-hybridized carbons (Fsp3) is 0.917. The molecule has 0 aromatic rings. The molecule has 0 rings (SSSR count). The molecule has 0 aliphatic heterocycles. The molecule has 0 aliphatic carbocycles. The average molecular weight is 711 g/mol. The van der Waals surface area contributed by atoms with Gasteiger partial charge in [-0.1, -0.05) is 180 Å². The zero-order valence-electron chi connectivity index (χ0n) is 32.4. The summed E-state index contributed by atoms with van der Waals surface area (Å²) in [5, 5.41) is 42.6. The first-order chi connectivity index (χ1) is 21.2. The number of aliphatic hydroxyl groups is 2. The van der Waals surface area contributed by atoms with Gasteiger partial charge in [-0.3, -0.25) is 9.59 Å². The fourth-order valence-electron chi connectivity index (χ4n) is 5.50. The predicted molar refractivity (Wildman–Crippen MR) is 181 cm³/mol. The number of aliphatic hydroxyl groups excluding tert-OH is 1. The van der Waals surface area contributed by atoms with Gasteiger partial charge in [0.15, 0.2) is 5.60 Å². The second-order valence-electron chi connectivity index (χ2n) is 12.7. The van der Waals surface area contributed by atoms with E-state index in [9.17, 15) is 14.4 Å². The minimum absolute atomic E-state index is 0. The zero-order chi connectivity index (χ0) is 33.2. The van der Waals surface area contributed by atoms with Gasteiger partial charge in [0, 0.05) is 6.61 Å². The average Bonchev–Trinajstić information content (AvgIpc) is 2.96. The smallest absolute Gasteiger partial charge is 1.00 e. The van der Waals surface area contributed by atoms with Crippen molar-refractivity contribution < 1.29 is 146 Å². The van der Waals surface area contributed by atoms with Crippen molar-refractivity contribution in [3.8, 4) is 0 Å². The Balaban J connectivity index is -0.000000221. The molecule has 0 amide bonds. The number of hydrogen-bond acceptors (Lipinski definition) is 5. The van der Waals surface area contributed by atoms with Crippen LogP contribution in [-0.4, -0.2) is 55.6 Å². The van der Waals surface area contributed by atoms with E-state index in [-0.39, 0.29) is 106 Å². The third-order valence-corrected chi connectivity index (χ3v) is 8.30. The number of carbonyl (C=O) groups is 3. The number of aliphatic carboxylic acids is 3. The van der Waals surface area contributed by atoms with E-state index in [1.54, 1.807) is 0 Å². The maximum atomic E-state index is 10.3. The predicted octanol–water partition coefficient (Wildman–Crippen LogP) is 3.91. The normalized spacial score (nSPS) is 10.8. The molecule has 0 heterocycles. The Kier molecular flexibility index (Phi) is 50.6. The number of carboxylic acids is 3. The largest absolute Gasteiger partial charge is 1.00 e. The van der Waals surface area contributed by atoms with Crippen LogP contribution in [0.15, 0.2) is 0 Å². The molecule has 0 aromatic heterocycles. The maximum absolute atomic E-state index is 10.3. The summed E-state index contributed by atoms with van der Waals surface area (Å²) >= 11 is 0. The van der Waals surface area contributed by atoms with Crippen molar-refractivity contribution in [3.63, 3.8) is 0 Å². The Morgan fingerprint density at radius 2 is 0.630 bits per heavy atom. The maximum Gasteiger partial charge on any atom is 1.00 e. The topological polar surface area (TPSA) is 152 Å². The Morgan fingerprint density at radius 1 is 0.435 bits per heavy atom. The third kappa shape index (κ3) is 43.6. The first kappa shape index (κ1) is 54.4. The van der Waals surface area contributed by atoms with Gasteiger partial charge in [-0.15, -0.1) is 0 Å².